The Balaban J connectivity index is 0.000000223. The van der Waals surface area contributed by atoms with Crippen LogP contribution >= 0.6 is 0 Å². The highest BCUT2D eigenvalue weighted by Crippen LogP contribution is 1.84. The highest BCUT2D eigenvalue weighted by Gasteiger charge is 2.02. The number of hydrogen-bond acceptors (Lipinski definition) is 3. The first-order valence-corrected chi connectivity index (χ1v) is 4.89. The zero-order chi connectivity index (χ0) is 10.2. The van der Waals surface area contributed by atoms with E-state index in [-0.39, 0.29) is 6.61 Å². The fraction of sp³-hybridized carbons (Fsp3) is 1.00. The molecule has 0 amide bonds. The third kappa shape index (κ3) is 11.8. The van der Waals surface area contributed by atoms with Crippen LogP contribution in [0.25, 0.3) is 0 Å². The van der Waals surface area contributed by atoms with Crippen molar-refractivity contribution in [3.8, 4) is 0 Å². The lowest BCUT2D eigenvalue weighted by Gasteiger charge is -2.21. The van der Waals surface area contributed by atoms with E-state index in [0.717, 1.165) is 37.2 Å². The van der Waals surface area contributed by atoms with E-state index in [1.807, 2.05) is 0 Å². The molecule has 13 heavy (non-hydrogen) atoms. The van der Waals surface area contributed by atoms with Gasteiger partial charge in [-0.25, -0.2) is 0 Å². The molecule has 1 rings (SSSR count). The Hall–Kier alpha value is -0.160. The molecule has 0 aromatic carbocycles. The molecular formula is C9H24N3O+. The van der Waals surface area contributed by atoms with Gasteiger partial charge in [0.15, 0.2) is 0 Å². The van der Waals surface area contributed by atoms with Crippen LogP contribution in [-0.2, 0) is 0 Å². The summed E-state index contributed by atoms with van der Waals surface area (Å²) in [5.74, 6) is 0. The Morgan fingerprint density at radius 1 is 1.00 bits per heavy atom. The molecular weight excluding hydrogens is 166 g/mol. The first-order chi connectivity index (χ1) is 6.06. The number of hydrogen-bond donors (Lipinski definition) is 3. The van der Waals surface area contributed by atoms with E-state index in [1.54, 1.807) is 0 Å². The van der Waals surface area contributed by atoms with Gasteiger partial charge in [0.25, 0.3) is 0 Å². The summed E-state index contributed by atoms with van der Waals surface area (Å²) in [6.45, 7) is 5.67. The van der Waals surface area contributed by atoms with Crippen molar-refractivity contribution in [2.45, 2.75) is 0 Å². The summed E-state index contributed by atoms with van der Waals surface area (Å²) in [7, 11) is 6.16. The molecule has 1 fully saturated rings. The lowest BCUT2D eigenvalue weighted by Crippen LogP contribution is -2.39. The molecule has 0 spiro atoms. The largest absolute Gasteiger partial charge is 0.391 e. The van der Waals surface area contributed by atoms with Crippen LogP contribution in [0.4, 0.5) is 0 Å². The van der Waals surface area contributed by atoms with Crippen molar-refractivity contribution >= 4 is 0 Å². The zero-order valence-electron chi connectivity index (χ0n) is 9.14. The Kier molecular flexibility index (Phi) is 7.17. The lowest BCUT2D eigenvalue weighted by molar-refractivity contribution is -0.870. The molecule has 1 aliphatic rings. The number of quaternary nitrogens is 1. The second-order valence-corrected chi connectivity index (χ2v) is 4.24. The fourth-order valence-electron chi connectivity index (χ4n) is 0.904. The maximum Gasteiger partial charge on any atom is 0.101 e. The number of nitrogens with zero attached hydrogens (tertiary/aromatic N) is 1. The second kappa shape index (κ2) is 7.26. The van der Waals surface area contributed by atoms with Crippen molar-refractivity contribution in [2.75, 3.05) is 60.5 Å². The molecule has 0 aromatic rings. The number of nitrogens with one attached hydrogen (secondary N) is 2. The molecule has 0 unspecified atom stereocenters. The van der Waals surface area contributed by atoms with E-state index in [4.69, 9.17) is 5.11 Å². The predicted molar refractivity (Wildman–Crippen MR) is 55.7 cm³/mol. The summed E-state index contributed by atoms with van der Waals surface area (Å²) in [6.07, 6.45) is 0. The quantitative estimate of drug-likeness (QED) is 0.483. The van der Waals surface area contributed by atoms with Gasteiger partial charge in [-0.15, -0.1) is 0 Å². The molecule has 1 heterocycles. The summed E-state index contributed by atoms with van der Waals surface area (Å²) in [5, 5.41) is 14.8. The van der Waals surface area contributed by atoms with Crippen LogP contribution in [0.2, 0.25) is 0 Å². The molecule has 0 atom stereocenters. The van der Waals surface area contributed by atoms with E-state index in [2.05, 4.69) is 31.8 Å². The summed E-state index contributed by atoms with van der Waals surface area (Å²) < 4.78 is 0.844. The van der Waals surface area contributed by atoms with Crippen molar-refractivity contribution in [1.29, 1.82) is 0 Å². The minimum absolute atomic E-state index is 0.281. The van der Waals surface area contributed by atoms with Crippen LogP contribution in [0.3, 0.4) is 0 Å². The third-order valence-electron chi connectivity index (χ3n) is 1.73. The molecule has 1 saturated heterocycles. The number of aliphatic hydroxyl groups is 1. The molecule has 1 aliphatic heterocycles. The standard InChI is InChI=1S/C5H14NO.C4H10N2/c1-6(2,3)4-5-7;1-2-6-4-3-5-1/h7H,4-5H2,1-3H3;5-6H,1-4H2/q+1;. The molecule has 0 radical (unpaired) electrons. The third-order valence-corrected chi connectivity index (χ3v) is 1.73. The highest BCUT2D eigenvalue weighted by molar-refractivity contribution is 4.59. The van der Waals surface area contributed by atoms with E-state index in [9.17, 15) is 0 Å². The average molecular weight is 190 g/mol. The highest BCUT2D eigenvalue weighted by atomic mass is 16.3. The second-order valence-electron chi connectivity index (χ2n) is 4.24. The van der Waals surface area contributed by atoms with Gasteiger partial charge in [-0.3, -0.25) is 0 Å². The lowest BCUT2D eigenvalue weighted by atomic mass is 10.4. The van der Waals surface area contributed by atoms with E-state index in [0.29, 0.717) is 0 Å². The van der Waals surface area contributed by atoms with Crippen molar-refractivity contribution in [2.24, 2.45) is 0 Å². The van der Waals surface area contributed by atoms with Gasteiger partial charge in [-0.05, 0) is 0 Å². The SMILES string of the molecule is C1CNCCN1.C[N+](C)(C)CCO. The van der Waals surface area contributed by atoms with Crippen molar-refractivity contribution < 1.29 is 9.59 Å². The molecule has 4 heteroatoms. The van der Waals surface area contributed by atoms with Gasteiger partial charge in [0.05, 0.1) is 27.7 Å². The Morgan fingerprint density at radius 2 is 1.38 bits per heavy atom. The molecule has 0 saturated carbocycles. The number of likely N-dealkylation sites (N-methyl/N-ethyl adjacent to an activating group) is 1. The van der Waals surface area contributed by atoms with Crippen LogP contribution in [0.5, 0.6) is 0 Å². The smallest absolute Gasteiger partial charge is 0.101 e. The van der Waals surface area contributed by atoms with Crippen LogP contribution in [-0.4, -0.2) is 70.1 Å². The number of rotatable bonds is 2. The maximum absolute atomic E-state index is 8.39. The van der Waals surface area contributed by atoms with Gasteiger partial charge in [0.1, 0.15) is 6.54 Å². The van der Waals surface area contributed by atoms with Gasteiger partial charge in [0.2, 0.25) is 0 Å². The molecule has 0 aliphatic carbocycles. The summed E-state index contributed by atoms with van der Waals surface area (Å²) in [4.78, 5) is 0. The van der Waals surface area contributed by atoms with Gasteiger partial charge < -0.3 is 20.2 Å². The van der Waals surface area contributed by atoms with Gasteiger partial charge >= 0.3 is 0 Å². The van der Waals surface area contributed by atoms with Crippen molar-refractivity contribution in [3.63, 3.8) is 0 Å². The fourth-order valence-corrected chi connectivity index (χ4v) is 0.904. The van der Waals surface area contributed by atoms with E-state index < -0.39 is 0 Å². The monoisotopic (exact) mass is 190 g/mol. The molecule has 4 nitrogen and oxygen atoms in total. The van der Waals surface area contributed by atoms with Gasteiger partial charge in [-0.2, -0.15) is 0 Å². The minimum atomic E-state index is 0.281. The first kappa shape index (κ1) is 12.8. The van der Waals surface area contributed by atoms with Crippen LogP contribution in [0.15, 0.2) is 0 Å². The summed E-state index contributed by atoms with van der Waals surface area (Å²) >= 11 is 0. The first-order valence-electron chi connectivity index (χ1n) is 4.89. The Morgan fingerprint density at radius 3 is 1.46 bits per heavy atom. The Labute approximate surface area is 81.5 Å². The average Bonchev–Trinajstić information content (AvgIpc) is 2.06. The molecule has 0 bridgehead atoms. The van der Waals surface area contributed by atoms with Crippen molar-refractivity contribution in [1.82, 2.24) is 10.6 Å². The molecule has 80 valence electrons. The zero-order valence-corrected chi connectivity index (χ0v) is 9.14. The topological polar surface area (TPSA) is 44.3 Å². The Bertz CT molecular complexity index is 96.4. The minimum Gasteiger partial charge on any atom is -0.391 e. The summed E-state index contributed by atoms with van der Waals surface area (Å²) in [5.41, 5.74) is 0. The molecule has 0 aromatic heterocycles. The molecule has 3 N–H and O–H groups in total. The van der Waals surface area contributed by atoms with Gasteiger partial charge in [0, 0.05) is 26.2 Å². The van der Waals surface area contributed by atoms with Crippen LogP contribution in [0, 0.1) is 0 Å². The number of aliphatic hydroxyl groups excluding tert-OH is 1. The maximum atomic E-state index is 8.39. The predicted octanol–water partition coefficient (Wildman–Crippen LogP) is -1.14. The number of piperazine rings is 1. The van der Waals surface area contributed by atoms with E-state index >= 15 is 0 Å². The van der Waals surface area contributed by atoms with E-state index in [1.165, 1.54) is 0 Å². The van der Waals surface area contributed by atoms with Gasteiger partial charge in [-0.1, -0.05) is 0 Å². The van der Waals surface area contributed by atoms with Crippen LogP contribution < -0.4 is 10.6 Å². The van der Waals surface area contributed by atoms with Crippen molar-refractivity contribution in [3.05, 3.63) is 0 Å². The van der Waals surface area contributed by atoms with Crippen LogP contribution in [0.1, 0.15) is 0 Å². The normalized spacial score (nSPS) is 17.5. The summed E-state index contributed by atoms with van der Waals surface area (Å²) in [6, 6.07) is 0.